The van der Waals surface area contributed by atoms with E-state index < -0.39 is 23.8 Å². The number of ether oxygens (including phenoxy) is 1. The molecule has 3 saturated heterocycles. The molecule has 3 aromatic rings. The molecule has 14 heteroatoms. The number of hydrogen-bond acceptors (Lipinski definition) is 9. The summed E-state index contributed by atoms with van der Waals surface area (Å²) in [5, 5.41) is 5.97. The lowest BCUT2D eigenvalue weighted by atomic mass is 9.86. The molecule has 57 heavy (non-hydrogen) atoms. The Morgan fingerprint density at radius 1 is 0.877 bits per heavy atom. The van der Waals surface area contributed by atoms with E-state index in [0.717, 1.165) is 85.7 Å². The topological polar surface area (TPSA) is 136 Å². The maximum absolute atomic E-state index is 13.3. The molecule has 0 spiro atoms. The third kappa shape index (κ3) is 7.15. The van der Waals surface area contributed by atoms with Crippen LogP contribution in [0.5, 0.6) is 0 Å². The summed E-state index contributed by atoms with van der Waals surface area (Å²) in [6, 6.07) is 16.4. The number of nitrogens with one attached hydrogen (secondary N) is 2. The summed E-state index contributed by atoms with van der Waals surface area (Å²) in [5.74, 6) is -1.49. The van der Waals surface area contributed by atoms with Gasteiger partial charge < -0.3 is 19.9 Å². The van der Waals surface area contributed by atoms with Gasteiger partial charge in [-0.3, -0.25) is 39.1 Å². The molecule has 5 heterocycles. The minimum atomic E-state index is -0.963. The van der Waals surface area contributed by atoms with Crippen molar-refractivity contribution in [2.24, 2.45) is 5.92 Å². The van der Waals surface area contributed by atoms with Gasteiger partial charge in [0, 0.05) is 73.7 Å². The highest BCUT2D eigenvalue weighted by Crippen LogP contribution is 2.37. The first kappa shape index (κ1) is 37.3. The zero-order valence-electron chi connectivity index (χ0n) is 31.5. The minimum absolute atomic E-state index is 0.000222. The summed E-state index contributed by atoms with van der Waals surface area (Å²) in [6.45, 7) is 12.8. The lowest BCUT2D eigenvalue weighted by Gasteiger charge is -2.47. The van der Waals surface area contributed by atoms with Crippen LogP contribution in [0.15, 0.2) is 54.6 Å². The average molecular weight is 790 g/mol. The molecule has 0 bridgehead atoms. The number of carbonyl (C=O) groups excluding carboxylic acids is 5. The van der Waals surface area contributed by atoms with Crippen molar-refractivity contribution < 1.29 is 28.7 Å². The van der Waals surface area contributed by atoms with Gasteiger partial charge in [-0.05, 0) is 104 Å². The van der Waals surface area contributed by atoms with E-state index in [9.17, 15) is 24.0 Å². The van der Waals surface area contributed by atoms with Gasteiger partial charge in [-0.25, -0.2) is 4.85 Å². The predicted octanol–water partition coefficient (Wildman–Crippen LogP) is 5.08. The Morgan fingerprint density at radius 2 is 1.58 bits per heavy atom. The van der Waals surface area contributed by atoms with E-state index in [-0.39, 0.29) is 42.8 Å². The third-order valence-corrected chi connectivity index (χ3v) is 13.0. The molecule has 5 amide bonds. The van der Waals surface area contributed by atoms with E-state index in [4.69, 9.17) is 22.9 Å². The van der Waals surface area contributed by atoms with Crippen LogP contribution < -0.4 is 20.4 Å². The number of rotatable bonds is 7. The van der Waals surface area contributed by atoms with Crippen molar-refractivity contribution in [1.29, 1.82) is 0 Å². The van der Waals surface area contributed by atoms with Gasteiger partial charge in [0.25, 0.3) is 17.7 Å². The lowest BCUT2D eigenvalue weighted by molar-refractivity contribution is -0.136. The van der Waals surface area contributed by atoms with E-state index in [2.05, 4.69) is 30.2 Å². The third-order valence-electron chi connectivity index (χ3n) is 12.7. The van der Waals surface area contributed by atoms with Gasteiger partial charge in [-0.15, -0.1) is 0 Å². The molecule has 0 radical (unpaired) electrons. The molecule has 4 fully saturated rings. The summed E-state index contributed by atoms with van der Waals surface area (Å²) < 4.78 is 6.19. The molecule has 294 valence electrons. The first-order valence-electron chi connectivity index (χ1n) is 19.9. The van der Waals surface area contributed by atoms with Crippen LogP contribution in [-0.2, 0) is 27.4 Å². The van der Waals surface area contributed by atoms with E-state index >= 15 is 0 Å². The molecule has 5 aliphatic heterocycles. The number of amides is 5. The molecule has 1 saturated carbocycles. The molecule has 0 aromatic heterocycles. The molecular formula is C43H44ClN7O6. The first-order chi connectivity index (χ1) is 27.6. The van der Waals surface area contributed by atoms with Gasteiger partial charge in [0.15, 0.2) is 0 Å². The zero-order chi connectivity index (χ0) is 39.4. The molecule has 9 rings (SSSR count). The Bertz CT molecular complexity index is 2150. The standard InChI is InChI=1S/C43H44ClN7O6/c1-45-35-8-7-31(21-34(35)44)50-16-17-57-38-20-29(4-9-36(38)50)46-40(53)26-2-5-30(6-3-26)49-14-12-25(13-15-49)22-48-23-27-18-32-33(19-28(27)24-48)43(56)51(42(32)55)37-10-11-39(52)47-41(37)54/h2-3,5-8,18-19,21,25,29,36-38H,4,9-17,20,22-24H2,(H,46,53)(H,47,52,54)/t29-,36-,37?,38-/m1/s1. The molecule has 4 atom stereocenters. The second kappa shape index (κ2) is 15.2. The highest BCUT2D eigenvalue weighted by molar-refractivity contribution is 6.33. The van der Waals surface area contributed by atoms with Crippen molar-refractivity contribution in [3.63, 3.8) is 0 Å². The van der Waals surface area contributed by atoms with Crippen LogP contribution >= 0.6 is 11.6 Å². The first-order valence-corrected chi connectivity index (χ1v) is 20.3. The summed E-state index contributed by atoms with van der Waals surface area (Å²) in [5.41, 5.74) is 5.95. The number of morpholine rings is 1. The Morgan fingerprint density at radius 3 is 2.25 bits per heavy atom. The van der Waals surface area contributed by atoms with Gasteiger partial charge in [0.1, 0.15) is 6.04 Å². The quantitative estimate of drug-likeness (QED) is 0.248. The molecule has 3 aromatic carbocycles. The van der Waals surface area contributed by atoms with Crippen LogP contribution in [0.3, 0.4) is 0 Å². The lowest BCUT2D eigenvalue weighted by Crippen LogP contribution is -2.57. The maximum atomic E-state index is 13.3. The normalized spacial score (nSPS) is 25.2. The fourth-order valence-electron chi connectivity index (χ4n) is 9.73. The van der Waals surface area contributed by atoms with Crippen molar-refractivity contribution in [2.45, 2.75) is 82.3 Å². The van der Waals surface area contributed by atoms with Crippen LogP contribution in [0.4, 0.5) is 17.1 Å². The average Bonchev–Trinajstić information content (AvgIpc) is 3.72. The number of piperidine rings is 2. The molecule has 1 unspecified atom stereocenters. The van der Waals surface area contributed by atoms with Crippen molar-refractivity contribution >= 4 is 58.2 Å². The van der Waals surface area contributed by atoms with Crippen molar-refractivity contribution in [3.05, 3.63) is 98.9 Å². The molecule has 6 aliphatic rings. The van der Waals surface area contributed by atoms with Crippen molar-refractivity contribution in [1.82, 2.24) is 20.4 Å². The number of benzene rings is 3. The SMILES string of the molecule is [C-]#[N+]c1ccc(N2CCO[C@@H]3C[C@H](NC(=O)c4ccc(N5CCC(CN6Cc7cc8c(cc7C6)C(=O)N(C6CCC(=O)NC6=O)C8=O)CC5)cc4)CC[C@H]32)cc1Cl. The summed E-state index contributed by atoms with van der Waals surface area (Å²) >= 11 is 6.35. The number of fused-ring (bicyclic) bond motifs is 3. The molecule has 2 N–H and O–H groups in total. The van der Waals surface area contributed by atoms with Crippen LogP contribution in [0.2, 0.25) is 5.02 Å². The number of anilines is 2. The van der Waals surface area contributed by atoms with Gasteiger partial charge in [-0.2, -0.15) is 0 Å². The Hall–Kier alpha value is -5.29. The number of nitrogens with zero attached hydrogens (tertiary/aromatic N) is 5. The fourth-order valence-corrected chi connectivity index (χ4v) is 9.95. The van der Waals surface area contributed by atoms with Crippen LogP contribution in [0.1, 0.15) is 87.1 Å². The Balaban J connectivity index is 0.741. The van der Waals surface area contributed by atoms with E-state index in [1.165, 1.54) is 0 Å². The van der Waals surface area contributed by atoms with Crippen LogP contribution in [0, 0.1) is 12.5 Å². The molecule has 13 nitrogen and oxygen atoms in total. The fraction of sp³-hybridized carbons (Fsp3) is 0.442. The monoisotopic (exact) mass is 789 g/mol. The number of hydrogen-bond donors (Lipinski definition) is 2. The van der Waals surface area contributed by atoms with E-state index in [1.54, 1.807) is 6.07 Å². The second-order valence-corrected chi connectivity index (χ2v) is 16.6. The summed E-state index contributed by atoms with van der Waals surface area (Å²) in [4.78, 5) is 75.6. The Labute approximate surface area is 336 Å². The number of imide groups is 2. The number of carbonyl (C=O) groups is 5. The van der Waals surface area contributed by atoms with Gasteiger partial charge in [0.2, 0.25) is 17.5 Å². The minimum Gasteiger partial charge on any atom is -0.374 e. The van der Waals surface area contributed by atoms with Crippen molar-refractivity contribution in [2.75, 3.05) is 42.6 Å². The Kier molecular flexibility index (Phi) is 9.96. The maximum Gasteiger partial charge on any atom is 0.262 e. The van der Waals surface area contributed by atoms with Gasteiger partial charge in [0.05, 0.1) is 36.5 Å². The summed E-state index contributed by atoms with van der Waals surface area (Å²) in [7, 11) is 0. The van der Waals surface area contributed by atoms with Gasteiger partial charge >= 0.3 is 0 Å². The van der Waals surface area contributed by atoms with E-state index in [0.29, 0.717) is 53.0 Å². The smallest absolute Gasteiger partial charge is 0.262 e. The number of halogens is 1. The van der Waals surface area contributed by atoms with Crippen LogP contribution in [0.25, 0.3) is 4.85 Å². The predicted molar refractivity (Wildman–Crippen MR) is 212 cm³/mol. The molecule has 1 aliphatic carbocycles. The second-order valence-electron chi connectivity index (χ2n) is 16.2. The van der Waals surface area contributed by atoms with E-state index in [1.807, 2.05) is 48.5 Å². The van der Waals surface area contributed by atoms with Gasteiger partial charge in [-0.1, -0.05) is 17.7 Å². The highest BCUT2D eigenvalue weighted by atomic mass is 35.5. The molecular weight excluding hydrogens is 746 g/mol. The zero-order valence-corrected chi connectivity index (χ0v) is 32.3. The highest BCUT2D eigenvalue weighted by Gasteiger charge is 2.45. The van der Waals surface area contributed by atoms with Crippen molar-refractivity contribution in [3.8, 4) is 0 Å². The summed E-state index contributed by atoms with van der Waals surface area (Å²) in [6.07, 6.45) is 4.78. The van der Waals surface area contributed by atoms with Crippen LogP contribution in [-0.4, -0.2) is 96.4 Å². The largest absolute Gasteiger partial charge is 0.374 e.